The molecule has 1 fully saturated rings. The average molecular weight is 149 g/mol. The van der Waals surface area contributed by atoms with E-state index in [0.29, 0.717) is 0 Å². The van der Waals surface area contributed by atoms with Crippen molar-refractivity contribution in [2.45, 2.75) is 22.6 Å². The van der Waals surface area contributed by atoms with Crippen LogP contribution in [-0.2, 0) is 0 Å². The van der Waals surface area contributed by atoms with Crippen molar-refractivity contribution in [2.75, 3.05) is 0 Å². The first kappa shape index (κ1) is 5.13. The molecule has 44 valence electrons. The summed E-state index contributed by atoms with van der Waals surface area (Å²) in [7, 11) is 0. The number of rotatable bonds is 0. The number of alkyl halides is 2. The van der Waals surface area contributed by atoms with Gasteiger partial charge in [0.15, 0.2) is 0 Å². The van der Waals surface area contributed by atoms with E-state index >= 15 is 0 Å². The van der Waals surface area contributed by atoms with E-state index < -0.39 is 0 Å². The number of hydrogen-bond acceptors (Lipinski definition) is 0. The zero-order valence-electron chi connectivity index (χ0n) is 4.32. The summed E-state index contributed by atoms with van der Waals surface area (Å²) in [6.45, 7) is 0. The van der Waals surface area contributed by atoms with E-state index in [1.807, 2.05) is 12.2 Å². The van der Waals surface area contributed by atoms with Gasteiger partial charge in [0.2, 0.25) is 0 Å². The van der Waals surface area contributed by atoms with Gasteiger partial charge in [0, 0.05) is 0 Å². The maximum absolute atomic E-state index is 5.95. The van der Waals surface area contributed by atoms with Crippen LogP contribution in [0.3, 0.4) is 0 Å². The second-order valence-corrected chi connectivity index (χ2v) is 4.26. The van der Waals surface area contributed by atoms with Crippen LogP contribution in [0.15, 0.2) is 12.2 Å². The van der Waals surface area contributed by atoms with E-state index in [-0.39, 0.29) is 9.75 Å². The van der Waals surface area contributed by atoms with Crippen molar-refractivity contribution >= 4 is 23.2 Å². The average Bonchev–Trinajstić information content (AvgIpc) is 1.88. The van der Waals surface area contributed by atoms with Crippen LogP contribution < -0.4 is 0 Å². The van der Waals surface area contributed by atoms with Crippen molar-refractivity contribution in [1.82, 2.24) is 0 Å². The second kappa shape index (κ2) is 1.10. The van der Waals surface area contributed by atoms with E-state index in [0.717, 1.165) is 12.8 Å². The van der Waals surface area contributed by atoms with Gasteiger partial charge in [-0.3, -0.25) is 0 Å². The highest BCUT2D eigenvalue weighted by Crippen LogP contribution is 2.57. The van der Waals surface area contributed by atoms with Crippen LogP contribution in [0, 0.1) is 0 Å². The highest BCUT2D eigenvalue weighted by atomic mass is 35.5. The Hall–Kier alpha value is 0.320. The van der Waals surface area contributed by atoms with Gasteiger partial charge in [-0.05, 0) is 12.8 Å². The normalized spacial score (nSPS) is 58.8. The highest BCUT2D eigenvalue weighted by molar-refractivity contribution is 6.34. The molecule has 0 radical (unpaired) electrons. The molecule has 0 nitrogen and oxygen atoms in total. The quantitative estimate of drug-likeness (QED) is 0.366. The molecule has 0 aliphatic heterocycles. The Balaban J connectivity index is 2.33. The van der Waals surface area contributed by atoms with Crippen molar-refractivity contribution in [2.24, 2.45) is 0 Å². The molecule has 8 heavy (non-hydrogen) atoms. The fraction of sp³-hybridized carbons (Fsp3) is 0.667. The van der Waals surface area contributed by atoms with E-state index in [2.05, 4.69) is 0 Å². The van der Waals surface area contributed by atoms with Gasteiger partial charge >= 0.3 is 0 Å². The predicted molar refractivity (Wildman–Crippen MR) is 35.5 cm³/mol. The van der Waals surface area contributed by atoms with Gasteiger partial charge in [-0.25, -0.2) is 0 Å². The molecular formula is C6H6Cl2. The van der Waals surface area contributed by atoms with Crippen molar-refractivity contribution in [3.63, 3.8) is 0 Å². The van der Waals surface area contributed by atoms with Crippen LogP contribution in [0.5, 0.6) is 0 Å². The monoisotopic (exact) mass is 148 g/mol. The first-order chi connectivity index (χ1) is 3.62. The summed E-state index contributed by atoms with van der Waals surface area (Å²) >= 11 is 11.9. The molecule has 0 aromatic rings. The van der Waals surface area contributed by atoms with Gasteiger partial charge in [0.1, 0.15) is 0 Å². The Labute approximate surface area is 58.5 Å². The maximum atomic E-state index is 5.95. The molecule has 0 unspecified atom stereocenters. The number of hydrogen-bond donors (Lipinski definition) is 0. The first-order valence-corrected chi connectivity index (χ1v) is 3.46. The largest absolute Gasteiger partial charge is 0.115 e. The Bertz CT molecular complexity index is 138. The summed E-state index contributed by atoms with van der Waals surface area (Å²) in [4.78, 5) is -0.0799. The molecule has 0 spiro atoms. The summed E-state index contributed by atoms with van der Waals surface area (Å²) in [6, 6.07) is 0. The summed E-state index contributed by atoms with van der Waals surface area (Å²) < 4.78 is 0. The highest BCUT2D eigenvalue weighted by Gasteiger charge is 2.54. The van der Waals surface area contributed by atoms with Crippen LogP contribution >= 0.6 is 23.2 Å². The fourth-order valence-corrected chi connectivity index (χ4v) is 2.68. The molecule has 3 rings (SSSR count). The van der Waals surface area contributed by atoms with Crippen LogP contribution in [0.4, 0.5) is 0 Å². The predicted octanol–water partition coefficient (Wildman–Crippen LogP) is 2.31. The molecule has 2 heteroatoms. The third kappa shape index (κ3) is 0.479. The summed E-state index contributed by atoms with van der Waals surface area (Å²) in [5.41, 5.74) is 0. The summed E-state index contributed by atoms with van der Waals surface area (Å²) in [6.07, 6.45) is 5.90. The molecule has 3 aliphatic carbocycles. The molecule has 0 N–H and O–H groups in total. The molecule has 0 aromatic carbocycles. The molecule has 1 saturated carbocycles. The first-order valence-electron chi connectivity index (χ1n) is 2.70. The molecule has 0 heterocycles. The lowest BCUT2D eigenvalue weighted by Crippen LogP contribution is -2.40. The number of halogens is 2. The second-order valence-electron chi connectivity index (χ2n) is 2.76. The molecule has 0 aromatic heterocycles. The van der Waals surface area contributed by atoms with Crippen LogP contribution in [0.2, 0.25) is 0 Å². The molecule has 2 bridgehead atoms. The molecule has 0 atom stereocenters. The van der Waals surface area contributed by atoms with Crippen molar-refractivity contribution < 1.29 is 0 Å². The van der Waals surface area contributed by atoms with Crippen LogP contribution in [0.25, 0.3) is 0 Å². The Morgan fingerprint density at radius 1 is 1.00 bits per heavy atom. The third-order valence-electron chi connectivity index (χ3n) is 1.86. The van der Waals surface area contributed by atoms with E-state index in [9.17, 15) is 0 Å². The Morgan fingerprint density at radius 2 is 1.38 bits per heavy atom. The smallest absolute Gasteiger partial charge is 0.0666 e. The van der Waals surface area contributed by atoms with Gasteiger partial charge in [-0.15, -0.1) is 23.2 Å². The minimum absolute atomic E-state index is 0.0399. The summed E-state index contributed by atoms with van der Waals surface area (Å²) in [5, 5.41) is 0. The Morgan fingerprint density at radius 3 is 1.50 bits per heavy atom. The van der Waals surface area contributed by atoms with Gasteiger partial charge < -0.3 is 0 Å². The van der Waals surface area contributed by atoms with E-state index in [4.69, 9.17) is 23.2 Å². The third-order valence-corrected chi connectivity index (χ3v) is 2.64. The lowest BCUT2D eigenvalue weighted by molar-refractivity contribution is 0.393. The maximum Gasteiger partial charge on any atom is 0.0666 e. The van der Waals surface area contributed by atoms with E-state index in [1.165, 1.54) is 0 Å². The molecule has 3 aliphatic rings. The SMILES string of the molecule is ClC12C=CC(Cl)(C1)C2. The lowest BCUT2D eigenvalue weighted by Gasteiger charge is -2.38. The van der Waals surface area contributed by atoms with Crippen LogP contribution in [0.1, 0.15) is 12.8 Å². The summed E-state index contributed by atoms with van der Waals surface area (Å²) in [5.74, 6) is 0. The van der Waals surface area contributed by atoms with Crippen molar-refractivity contribution in [3.8, 4) is 0 Å². The zero-order chi connectivity index (χ0) is 5.83. The van der Waals surface area contributed by atoms with Gasteiger partial charge in [-0.2, -0.15) is 0 Å². The van der Waals surface area contributed by atoms with Gasteiger partial charge in [-0.1, -0.05) is 12.2 Å². The topological polar surface area (TPSA) is 0 Å². The van der Waals surface area contributed by atoms with Gasteiger partial charge in [0.05, 0.1) is 9.75 Å². The van der Waals surface area contributed by atoms with Crippen LogP contribution in [-0.4, -0.2) is 9.75 Å². The fourth-order valence-electron chi connectivity index (χ4n) is 1.46. The number of allylic oxidation sites excluding steroid dienone is 2. The molecular weight excluding hydrogens is 143 g/mol. The van der Waals surface area contributed by atoms with E-state index in [1.54, 1.807) is 0 Å². The lowest BCUT2D eigenvalue weighted by atomic mass is 9.81. The standard InChI is InChI=1S/C6H6Cl2/c7-5-1-2-6(8,3-5)4-5/h1-2H,3-4H2. The van der Waals surface area contributed by atoms with Gasteiger partial charge in [0.25, 0.3) is 0 Å². The minimum atomic E-state index is -0.0399. The van der Waals surface area contributed by atoms with Crippen molar-refractivity contribution in [1.29, 1.82) is 0 Å². The van der Waals surface area contributed by atoms with Crippen molar-refractivity contribution in [3.05, 3.63) is 12.2 Å². The molecule has 0 amide bonds. The minimum Gasteiger partial charge on any atom is -0.115 e. The Kier molecular flexibility index (Phi) is 0.704. The zero-order valence-corrected chi connectivity index (χ0v) is 5.84. The molecule has 0 saturated heterocycles.